The number of carbonyl (C=O) groups is 1. The maximum atomic E-state index is 12.2. The van der Waals surface area contributed by atoms with Crippen molar-refractivity contribution < 1.29 is 4.79 Å². The van der Waals surface area contributed by atoms with Crippen LogP contribution in [0.25, 0.3) is 0 Å². The van der Waals surface area contributed by atoms with E-state index < -0.39 is 0 Å². The van der Waals surface area contributed by atoms with E-state index in [1.54, 1.807) is 11.3 Å². The van der Waals surface area contributed by atoms with Gasteiger partial charge in [0.25, 0.3) is 0 Å². The fourth-order valence-electron chi connectivity index (χ4n) is 2.93. The van der Waals surface area contributed by atoms with Crippen LogP contribution in [-0.2, 0) is 12.8 Å². The molecule has 0 fully saturated rings. The molecule has 1 aromatic carbocycles. The number of ketones is 1. The lowest BCUT2D eigenvalue weighted by molar-refractivity contribution is 0.0916. The van der Waals surface area contributed by atoms with E-state index in [4.69, 9.17) is 4.98 Å². The molecule has 21 heavy (non-hydrogen) atoms. The summed E-state index contributed by atoms with van der Waals surface area (Å²) >= 11 is 1.59. The number of Topliss-reactive ketones (excluding diaryl/α,β-unsaturated/α-hetero) is 1. The molecule has 0 radical (unpaired) electrons. The number of benzene rings is 1. The van der Waals surface area contributed by atoms with Gasteiger partial charge in [-0.2, -0.15) is 0 Å². The van der Waals surface area contributed by atoms with Crippen molar-refractivity contribution in [1.82, 2.24) is 4.98 Å². The third kappa shape index (κ3) is 2.93. The predicted molar refractivity (Wildman–Crippen MR) is 87.3 cm³/mol. The maximum Gasteiger partial charge on any atom is 0.175 e. The highest BCUT2D eigenvalue weighted by molar-refractivity contribution is 7.13. The molecule has 0 saturated carbocycles. The number of rotatable bonds is 2. The van der Waals surface area contributed by atoms with E-state index >= 15 is 0 Å². The number of thiazole rings is 1. The minimum absolute atomic E-state index is 0.0515. The monoisotopic (exact) mass is 299 g/mol. The summed E-state index contributed by atoms with van der Waals surface area (Å²) in [5, 5.41) is 1.06. The SMILES string of the molecule is Cc1ccc(Cc2nc3c(s2)C(=O)CC(C)(C)C3)cc1C. The van der Waals surface area contributed by atoms with Crippen LogP contribution in [0.5, 0.6) is 0 Å². The van der Waals surface area contributed by atoms with Crippen LogP contribution in [0.3, 0.4) is 0 Å². The molecule has 1 aromatic heterocycles. The fraction of sp³-hybridized carbons (Fsp3) is 0.444. The van der Waals surface area contributed by atoms with E-state index in [1.807, 2.05) is 0 Å². The Balaban J connectivity index is 1.88. The molecule has 0 amide bonds. The smallest absolute Gasteiger partial charge is 0.175 e. The second-order valence-corrected chi connectivity index (χ2v) is 8.00. The maximum absolute atomic E-state index is 12.2. The van der Waals surface area contributed by atoms with Crippen molar-refractivity contribution in [1.29, 1.82) is 0 Å². The molecular weight excluding hydrogens is 278 g/mol. The van der Waals surface area contributed by atoms with Gasteiger partial charge in [0.2, 0.25) is 0 Å². The van der Waals surface area contributed by atoms with Crippen LogP contribution in [0.15, 0.2) is 18.2 Å². The van der Waals surface area contributed by atoms with Crippen molar-refractivity contribution in [3.05, 3.63) is 50.5 Å². The number of hydrogen-bond acceptors (Lipinski definition) is 3. The molecule has 2 nitrogen and oxygen atoms in total. The molecule has 1 heterocycles. The molecule has 0 saturated heterocycles. The first kappa shape index (κ1) is 14.5. The Bertz CT molecular complexity index is 712. The number of aryl methyl sites for hydroxylation is 2. The lowest BCUT2D eigenvalue weighted by Gasteiger charge is -2.26. The average Bonchev–Trinajstić information content (AvgIpc) is 2.75. The molecule has 3 heteroatoms. The number of fused-ring (bicyclic) bond motifs is 1. The normalized spacial score (nSPS) is 16.9. The van der Waals surface area contributed by atoms with Crippen molar-refractivity contribution in [2.24, 2.45) is 5.41 Å². The van der Waals surface area contributed by atoms with Gasteiger partial charge in [0.15, 0.2) is 5.78 Å². The summed E-state index contributed by atoms with van der Waals surface area (Å²) in [6, 6.07) is 6.54. The molecule has 3 rings (SSSR count). The minimum atomic E-state index is 0.0515. The van der Waals surface area contributed by atoms with Gasteiger partial charge in [-0.1, -0.05) is 32.0 Å². The first-order chi connectivity index (χ1) is 9.84. The average molecular weight is 299 g/mol. The molecule has 1 aliphatic carbocycles. The summed E-state index contributed by atoms with van der Waals surface area (Å²) in [5.41, 5.74) is 4.96. The van der Waals surface area contributed by atoms with Crippen molar-refractivity contribution in [2.45, 2.75) is 47.0 Å². The summed E-state index contributed by atoms with van der Waals surface area (Å²) in [6.45, 7) is 8.56. The molecule has 0 N–H and O–H groups in total. The Morgan fingerprint density at radius 1 is 1.19 bits per heavy atom. The highest BCUT2D eigenvalue weighted by Crippen LogP contribution is 2.37. The summed E-state index contributed by atoms with van der Waals surface area (Å²) in [5.74, 6) is 0.269. The van der Waals surface area contributed by atoms with Crippen LogP contribution in [0.2, 0.25) is 0 Å². The molecule has 110 valence electrons. The number of hydrogen-bond donors (Lipinski definition) is 0. The number of aromatic nitrogens is 1. The first-order valence-corrected chi connectivity index (χ1v) is 8.24. The molecule has 2 aromatic rings. The van der Waals surface area contributed by atoms with Crippen LogP contribution < -0.4 is 0 Å². The Morgan fingerprint density at radius 2 is 1.95 bits per heavy atom. The lowest BCUT2D eigenvalue weighted by Crippen LogP contribution is -2.26. The summed E-state index contributed by atoms with van der Waals surface area (Å²) in [4.78, 5) is 17.9. The second kappa shape index (κ2) is 5.06. The second-order valence-electron chi connectivity index (χ2n) is 6.92. The highest BCUT2D eigenvalue weighted by atomic mass is 32.1. The van der Waals surface area contributed by atoms with Crippen LogP contribution in [-0.4, -0.2) is 10.8 Å². The topological polar surface area (TPSA) is 30.0 Å². The summed E-state index contributed by atoms with van der Waals surface area (Å²) in [6.07, 6.45) is 2.38. The summed E-state index contributed by atoms with van der Waals surface area (Å²) < 4.78 is 0. The van der Waals surface area contributed by atoms with Gasteiger partial charge in [0.1, 0.15) is 0 Å². The number of nitrogens with zero attached hydrogens (tertiary/aromatic N) is 1. The fourth-order valence-corrected chi connectivity index (χ4v) is 3.98. The standard InChI is InChI=1S/C18H21NOS/c1-11-5-6-13(7-12(11)2)8-16-19-14-9-18(3,4)10-15(20)17(14)21-16/h5-7H,8-10H2,1-4H3. The van der Waals surface area contributed by atoms with E-state index in [-0.39, 0.29) is 11.2 Å². The van der Waals surface area contributed by atoms with Crippen molar-refractivity contribution in [3.63, 3.8) is 0 Å². The Morgan fingerprint density at radius 3 is 2.67 bits per heavy atom. The van der Waals surface area contributed by atoms with Crippen LogP contribution >= 0.6 is 11.3 Å². The molecule has 0 unspecified atom stereocenters. The Kier molecular flexibility index (Phi) is 3.48. The molecular formula is C18H21NOS. The van der Waals surface area contributed by atoms with Gasteiger partial charge in [-0.15, -0.1) is 11.3 Å². The van der Waals surface area contributed by atoms with Crippen molar-refractivity contribution >= 4 is 17.1 Å². The van der Waals surface area contributed by atoms with Gasteiger partial charge in [-0.05, 0) is 42.4 Å². The quantitative estimate of drug-likeness (QED) is 0.817. The molecule has 0 bridgehead atoms. The zero-order chi connectivity index (χ0) is 15.2. The molecule has 0 atom stereocenters. The third-order valence-electron chi connectivity index (χ3n) is 4.21. The largest absolute Gasteiger partial charge is 0.293 e. The van der Waals surface area contributed by atoms with E-state index in [2.05, 4.69) is 45.9 Å². The first-order valence-electron chi connectivity index (χ1n) is 7.42. The van der Waals surface area contributed by atoms with Gasteiger partial charge in [0, 0.05) is 12.8 Å². The van der Waals surface area contributed by atoms with Crippen LogP contribution in [0, 0.1) is 19.3 Å². The van der Waals surface area contributed by atoms with Crippen LogP contribution in [0.4, 0.5) is 0 Å². The van der Waals surface area contributed by atoms with Gasteiger partial charge < -0.3 is 0 Å². The minimum Gasteiger partial charge on any atom is -0.293 e. The van der Waals surface area contributed by atoms with Gasteiger partial charge in [0.05, 0.1) is 15.6 Å². The summed E-state index contributed by atoms with van der Waals surface area (Å²) in [7, 11) is 0. The zero-order valence-corrected chi connectivity index (χ0v) is 13.9. The molecule has 0 spiro atoms. The molecule has 1 aliphatic rings. The van der Waals surface area contributed by atoms with E-state index in [0.717, 1.165) is 28.4 Å². The van der Waals surface area contributed by atoms with Gasteiger partial charge in [-0.25, -0.2) is 4.98 Å². The zero-order valence-electron chi connectivity index (χ0n) is 13.1. The lowest BCUT2D eigenvalue weighted by atomic mass is 9.78. The van der Waals surface area contributed by atoms with Gasteiger partial charge in [-0.3, -0.25) is 4.79 Å². The van der Waals surface area contributed by atoms with Crippen molar-refractivity contribution in [3.8, 4) is 0 Å². The highest BCUT2D eigenvalue weighted by Gasteiger charge is 2.33. The van der Waals surface area contributed by atoms with E-state index in [9.17, 15) is 4.79 Å². The van der Waals surface area contributed by atoms with Crippen LogP contribution in [0.1, 0.15) is 57.3 Å². The third-order valence-corrected chi connectivity index (χ3v) is 5.35. The number of carbonyl (C=O) groups excluding carboxylic acids is 1. The predicted octanol–water partition coefficient (Wildman–Crippen LogP) is 4.51. The Hall–Kier alpha value is -1.48. The van der Waals surface area contributed by atoms with Crippen molar-refractivity contribution in [2.75, 3.05) is 0 Å². The van der Waals surface area contributed by atoms with E-state index in [1.165, 1.54) is 16.7 Å². The van der Waals surface area contributed by atoms with E-state index in [0.29, 0.717) is 6.42 Å². The molecule has 0 aliphatic heterocycles. The van der Waals surface area contributed by atoms with Gasteiger partial charge >= 0.3 is 0 Å². The Labute approximate surface area is 130 Å².